The van der Waals surface area contributed by atoms with E-state index >= 15 is 0 Å². The summed E-state index contributed by atoms with van der Waals surface area (Å²) in [4.78, 5) is 4.31. The maximum atomic E-state index is 12.9. The van der Waals surface area contributed by atoms with Crippen molar-refractivity contribution in [1.82, 2.24) is 0 Å². The van der Waals surface area contributed by atoms with Crippen molar-refractivity contribution in [2.24, 2.45) is 4.99 Å². The number of anilines is 1. The van der Waals surface area contributed by atoms with Crippen molar-refractivity contribution in [2.75, 3.05) is 5.73 Å². The van der Waals surface area contributed by atoms with Gasteiger partial charge in [0.25, 0.3) is 0 Å². The van der Waals surface area contributed by atoms with E-state index in [1.54, 1.807) is 73.5 Å². The predicted molar refractivity (Wildman–Crippen MR) is 620 cm³/mol. The summed E-state index contributed by atoms with van der Waals surface area (Å²) in [5.41, 5.74) is 24.5. The third-order valence-corrected chi connectivity index (χ3v) is 26.4. The van der Waals surface area contributed by atoms with Gasteiger partial charge in [0.1, 0.15) is 63.7 Å². The molecule has 1 fully saturated rings. The lowest BCUT2D eigenvalue weighted by molar-refractivity contribution is 0.454. The summed E-state index contributed by atoms with van der Waals surface area (Å²) in [6, 6.07) is 78.9. The Morgan fingerprint density at radius 1 is 0.279 bits per heavy atom. The van der Waals surface area contributed by atoms with Gasteiger partial charge in [-0.2, -0.15) is 0 Å². The SMILES string of the molecule is CC(C)c1c(F)cccc1F.CC(C)c1c(O)cccc1Cl.CC(C)c1c(O)cccc1F.CC(C)c1cc(N)ccc1Cl.CC(C)c1cc(O)cc(Cl)c1Cl.CC(C)c1cc(O)cc2ccccc12.CC(C)c1ccc(F)cc1F.CC(C)c1cccc(Cl)c1Cl.CC(C)c1ccccc1C1CC1.CC(C)c1ccccc1Cl.CC(C)c1ccccc1F.CC(C)c1ccccc1O.Cc1ccc2c(c1C(C)C)C=NC2. The van der Waals surface area contributed by atoms with E-state index in [0.29, 0.717) is 89.2 Å². The summed E-state index contributed by atoms with van der Waals surface area (Å²) < 4.78 is 76.7. The number of benzene rings is 14. The quantitative estimate of drug-likeness (QED) is 0.0473. The molecule has 0 aromatic heterocycles. The van der Waals surface area contributed by atoms with Crippen LogP contribution in [0.25, 0.3) is 10.8 Å². The smallest absolute Gasteiger partial charge is 0.130 e. The van der Waals surface area contributed by atoms with Crippen molar-refractivity contribution < 1.29 is 51.9 Å². The summed E-state index contributed by atoms with van der Waals surface area (Å²) in [6.45, 7) is 56.1. The zero-order chi connectivity index (χ0) is 111. The minimum Gasteiger partial charge on any atom is -0.508 e. The van der Waals surface area contributed by atoms with Crippen LogP contribution in [0.15, 0.2) is 272 Å². The molecule has 792 valence electrons. The molecule has 0 saturated heterocycles. The van der Waals surface area contributed by atoms with Crippen molar-refractivity contribution in [3.63, 3.8) is 0 Å². The molecular weight excluding hydrogens is 2000 g/mol. The Morgan fingerprint density at radius 3 is 1.12 bits per heavy atom. The molecule has 14 aromatic carbocycles. The van der Waals surface area contributed by atoms with Gasteiger partial charge in [0.15, 0.2) is 0 Å². The van der Waals surface area contributed by atoms with Gasteiger partial charge in [-0.25, -0.2) is 26.3 Å². The van der Waals surface area contributed by atoms with E-state index in [4.69, 9.17) is 86.9 Å². The maximum Gasteiger partial charge on any atom is 0.130 e. The molecule has 7 nitrogen and oxygen atoms in total. The van der Waals surface area contributed by atoms with Crippen LogP contribution in [-0.4, -0.2) is 31.7 Å². The minimum atomic E-state index is -0.521. The van der Waals surface area contributed by atoms with Crippen molar-refractivity contribution in [3.05, 3.63) is 432 Å². The Morgan fingerprint density at radius 2 is 0.673 bits per heavy atom. The number of nitrogens with zero attached hydrogens (tertiary/aromatic N) is 1. The third-order valence-electron chi connectivity index (χ3n) is 23.7. The van der Waals surface area contributed by atoms with Crippen LogP contribution in [0.3, 0.4) is 0 Å². The van der Waals surface area contributed by atoms with E-state index in [1.807, 2.05) is 179 Å². The van der Waals surface area contributed by atoms with Gasteiger partial charge >= 0.3 is 0 Å². The summed E-state index contributed by atoms with van der Waals surface area (Å²) in [5, 5.41) is 53.6. The second kappa shape index (κ2) is 64.7. The van der Waals surface area contributed by atoms with E-state index in [-0.39, 0.29) is 70.0 Å². The molecule has 14 aromatic rings. The predicted octanol–water partition coefficient (Wildman–Crippen LogP) is 42.3. The van der Waals surface area contributed by atoms with Crippen molar-refractivity contribution in [2.45, 2.75) is 289 Å². The highest BCUT2D eigenvalue weighted by Gasteiger charge is 2.27. The number of phenols is 5. The first-order valence-corrected chi connectivity index (χ1v) is 52.9. The van der Waals surface area contributed by atoms with Gasteiger partial charge in [-0.05, 0) is 289 Å². The number of hydrogen-bond donors (Lipinski definition) is 6. The second-order valence-electron chi connectivity index (χ2n) is 40.0. The highest BCUT2D eigenvalue weighted by atomic mass is 35.5. The number of para-hydroxylation sites is 1. The van der Waals surface area contributed by atoms with Crippen LogP contribution in [0.5, 0.6) is 28.7 Å². The average Bonchev–Trinajstić information content (AvgIpc) is 1.77. The molecule has 0 unspecified atom stereocenters. The number of hydrogen-bond acceptors (Lipinski definition) is 7. The van der Waals surface area contributed by atoms with Gasteiger partial charge in [-0.3, -0.25) is 4.99 Å². The number of aromatic hydroxyl groups is 5. The highest BCUT2D eigenvalue weighted by Crippen LogP contribution is 2.44. The van der Waals surface area contributed by atoms with Crippen molar-refractivity contribution in [1.29, 1.82) is 0 Å². The van der Waals surface area contributed by atoms with Gasteiger partial charge in [-0.1, -0.05) is 413 Å². The molecule has 1 heterocycles. The monoisotopic (exact) mass is 2140 g/mol. The lowest BCUT2D eigenvalue weighted by atomic mass is 9.91. The maximum absolute atomic E-state index is 12.9. The number of halogens is 13. The number of fused-ring (bicyclic) bond motifs is 2. The zero-order valence-corrected chi connectivity index (χ0v) is 95.7. The fourth-order valence-electron chi connectivity index (χ4n) is 15.8. The molecule has 0 spiro atoms. The highest BCUT2D eigenvalue weighted by molar-refractivity contribution is 6.43. The Kier molecular flexibility index (Phi) is 56.7. The number of nitrogens with two attached hydrogens (primary N) is 1. The largest absolute Gasteiger partial charge is 0.508 e. The first-order valence-electron chi connectivity index (χ1n) is 50.3. The summed E-state index contributed by atoms with van der Waals surface area (Å²) >= 11 is 41.2. The van der Waals surface area contributed by atoms with Crippen molar-refractivity contribution in [3.8, 4) is 28.7 Å². The van der Waals surface area contributed by atoms with E-state index in [2.05, 4.69) is 157 Å². The van der Waals surface area contributed by atoms with Crippen LogP contribution in [0.4, 0.5) is 32.0 Å². The molecule has 147 heavy (non-hydrogen) atoms. The molecule has 2 aliphatic rings. The van der Waals surface area contributed by atoms with Gasteiger partial charge in [-0.15, -0.1) is 0 Å². The number of rotatable bonds is 14. The third kappa shape index (κ3) is 43.1. The Bertz CT molecular complexity index is 6070. The average molecular weight is 2150 g/mol. The van der Waals surface area contributed by atoms with Crippen LogP contribution in [-0.2, 0) is 6.54 Å². The fraction of sp³-hybridized carbons (Fsp3) is 0.346. The Balaban J connectivity index is 0.000000332. The molecule has 0 atom stereocenters. The minimum absolute atomic E-state index is 0.0243. The van der Waals surface area contributed by atoms with Crippen molar-refractivity contribution >= 4 is 104 Å². The molecule has 0 bridgehead atoms. The van der Waals surface area contributed by atoms with Gasteiger partial charge in [0.2, 0.25) is 0 Å². The van der Waals surface area contributed by atoms with Gasteiger partial charge in [0, 0.05) is 61.4 Å². The van der Waals surface area contributed by atoms with E-state index in [9.17, 15) is 51.9 Å². The standard InChI is InChI=1S/C13H14O.C12H15N.C12H16.C9H10Cl2O.C9H10Cl2.C9H12ClN.C9H11ClO.C9H11Cl.2C9H10F2.C9H11FO.C9H11F.C9H12O/c1-9(2)13-8-11(14)7-10-5-3-4-6-12(10)13;1-8(2)12-9(3)4-5-10-6-13-7-11(10)12;1-9(2)11-5-3-4-6-12(11)10-7-8-10;1-5(2)7-3-6(12)4-8(10)9(7)11;1-6(2)7-4-3-5-8(10)9(7)11;1-6(2)8-5-7(11)3-4-9(8)10;1-6(2)9-7(10)4-3-5-8(9)11;1-7(2)8-5-3-4-6-9(8)10;1-6(2)8-4-3-7(10)5-9(8)11;2*1-6(2)9-7(10)4-3-5-8(9)11;2*1-7(2)8-5-3-4-6-9(8)10/h3-9,14H,1-2H3;4-5,7-8H,6H2,1-3H3;3-6,9-10H,7-8H2,1-2H3;3-5,12H,1-2H3;3-6H,1-2H3;3-6H,11H2,1-2H3;3-6,11H,1-2H3;3-7H,1-2H3;2*3-6H,1-2H3;3-6,11H,1-2H3;3-7H,1-2H3;3-7,10H,1-2H3. The van der Waals surface area contributed by atoms with Crippen LogP contribution >= 0.6 is 81.2 Å². The molecule has 1 aliphatic heterocycles. The topological polar surface area (TPSA) is 140 Å². The van der Waals surface area contributed by atoms with E-state index in [0.717, 1.165) is 73.0 Å². The Hall–Kier alpha value is -10.6. The fourth-order valence-corrected chi connectivity index (χ4v) is 17.9. The zero-order valence-electron chi connectivity index (χ0n) is 90.4. The van der Waals surface area contributed by atoms with Crippen LogP contribution < -0.4 is 5.73 Å². The molecule has 7 N–H and O–H groups in total. The van der Waals surface area contributed by atoms with Gasteiger partial charge < -0.3 is 31.3 Å². The molecule has 1 aliphatic carbocycles. The van der Waals surface area contributed by atoms with Crippen LogP contribution in [0, 0.1) is 41.8 Å². The lowest BCUT2D eigenvalue weighted by Gasteiger charge is -2.13. The summed E-state index contributed by atoms with van der Waals surface area (Å²) in [7, 11) is 0. The lowest BCUT2D eigenvalue weighted by Crippen LogP contribution is -1.99. The number of phenolic OH excluding ortho intramolecular Hbond substituents is 5. The first kappa shape index (κ1) is 129. The molecule has 0 amide bonds. The van der Waals surface area contributed by atoms with Crippen LogP contribution in [0.1, 0.15) is 370 Å². The number of nitrogen functional groups attached to an aromatic ring is 1. The number of aliphatic imine (C=N–C) groups is 1. The summed E-state index contributed by atoms with van der Waals surface area (Å²) in [5.74, 6) is 4.16. The molecule has 1 saturated carbocycles. The molecule has 0 radical (unpaired) electrons. The van der Waals surface area contributed by atoms with Gasteiger partial charge in [0.05, 0.1) is 26.6 Å². The molecular formula is C127H153Cl7F6N2O5. The normalized spacial score (nSPS) is 11.4. The van der Waals surface area contributed by atoms with Crippen LogP contribution in [0.2, 0.25) is 35.2 Å². The Labute approximate surface area is 909 Å². The van der Waals surface area contributed by atoms with E-state index in [1.165, 1.54) is 112 Å². The molecule has 16 rings (SSSR count). The number of aryl methyl sites for hydroxylation is 1. The van der Waals surface area contributed by atoms with E-state index < -0.39 is 23.3 Å². The summed E-state index contributed by atoms with van der Waals surface area (Å²) in [6.07, 6.45) is 4.84. The first-order chi connectivity index (χ1) is 69.1. The second-order valence-corrected chi connectivity index (χ2v) is 42.8. The molecule has 20 heteroatoms.